The molecule has 1 saturated heterocycles. The number of esters is 1. The third kappa shape index (κ3) is 4.05. The molecule has 2 aliphatic heterocycles. The summed E-state index contributed by atoms with van der Waals surface area (Å²) in [6.07, 6.45) is 4.00. The van der Waals surface area contributed by atoms with E-state index in [9.17, 15) is 14.9 Å². The first-order valence-corrected chi connectivity index (χ1v) is 9.00. The number of aromatic nitrogens is 1. The second kappa shape index (κ2) is 7.09. The fourth-order valence-corrected chi connectivity index (χ4v) is 3.65. The van der Waals surface area contributed by atoms with Crippen molar-refractivity contribution < 1.29 is 19.2 Å². The Morgan fingerprint density at radius 2 is 2.27 bits per heavy atom. The number of carbonyl (C=O) groups excluding carboxylic acids is 1. The van der Waals surface area contributed by atoms with Crippen LogP contribution >= 0.6 is 0 Å². The Hall–Kier alpha value is -2.38. The highest BCUT2D eigenvalue weighted by molar-refractivity contribution is 5.72. The van der Waals surface area contributed by atoms with Gasteiger partial charge in [0.05, 0.1) is 18.0 Å². The summed E-state index contributed by atoms with van der Waals surface area (Å²) >= 11 is 0. The predicted octanol–water partition coefficient (Wildman–Crippen LogP) is 2.87. The molecule has 1 aromatic heterocycles. The summed E-state index contributed by atoms with van der Waals surface area (Å²) in [4.78, 5) is 29.4. The molecular weight excluding hydrogens is 338 g/mol. The lowest BCUT2D eigenvalue weighted by atomic mass is 9.93. The highest BCUT2D eigenvalue weighted by Gasteiger charge is 2.33. The Labute approximate surface area is 152 Å². The summed E-state index contributed by atoms with van der Waals surface area (Å²) < 4.78 is 10.9. The first-order chi connectivity index (χ1) is 12.2. The Morgan fingerprint density at radius 1 is 1.50 bits per heavy atom. The number of hydrogen-bond acceptors (Lipinski definition) is 7. The van der Waals surface area contributed by atoms with Crippen LogP contribution in [0.1, 0.15) is 45.6 Å². The summed E-state index contributed by atoms with van der Waals surface area (Å²) in [5.41, 5.74) is 0.906. The molecule has 0 aliphatic carbocycles. The Morgan fingerprint density at radius 3 is 2.96 bits per heavy atom. The lowest BCUT2D eigenvalue weighted by Crippen LogP contribution is -2.38. The van der Waals surface area contributed by atoms with E-state index in [-0.39, 0.29) is 17.6 Å². The van der Waals surface area contributed by atoms with Crippen molar-refractivity contribution in [1.29, 1.82) is 0 Å². The normalized spacial score (nSPS) is 19.7. The van der Waals surface area contributed by atoms with Crippen LogP contribution in [0.25, 0.3) is 0 Å². The van der Waals surface area contributed by atoms with Crippen LogP contribution in [-0.2, 0) is 16.0 Å². The van der Waals surface area contributed by atoms with Gasteiger partial charge in [-0.2, -0.15) is 0 Å². The molecular formula is C18H25N3O5. The van der Waals surface area contributed by atoms with Crippen LogP contribution in [0, 0.1) is 16.0 Å². The zero-order valence-corrected chi connectivity index (χ0v) is 15.5. The highest BCUT2D eigenvalue weighted by atomic mass is 16.6. The minimum Gasteiger partial charge on any atom is -0.477 e. The standard InChI is InChI=1S/C18H25N3O5/c1-18(2,3)26-15(22)9-12-5-4-7-20(11-12)16-13-6-8-25-17(13)19-10-14(16)21(23)24/h10,12H,4-9,11H2,1-3H3/t12-/m1/s1. The van der Waals surface area contributed by atoms with Crippen LogP contribution in [0.2, 0.25) is 0 Å². The molecule has 1 fully saturated rings. The SMILES string of the molecule is CC(C)(C)OC(=O)C[C@H]1CCCN(c2c([N+](=O)[O-])cnc3c2CCO3)C1. The zero-order valence-electron chi connectivity index (χ0n) is 15.5. The summed E-state index contributed by atoms with van der Waals surface area (Å²) in [6.45, 7) is 7.36. The molecule has 0 radical (unpaired) electrons. The maximum Gasteiger partial charge on any atom is 0.311 e. The number of carbonyl (C=O) groups is 1. The van der Waals surface area contributed by atoms with Gasteiger partial charge in [-0.3, -0.25) is 14.9 Å². The molecule has 1 atom stereocenters. The quantitative estimate of drug-likeness (QED) is 0.461. The molecule has 26 heavy (non-hydrogen) atoms. The zero-order chi connectivity index (χ0) is 18.9. The van der Waals surface area contributed by atoms with E-state index < -0.39 is 10.5 Å². The van der Waals surface area contributed by atoms with Crippen LogP contribution < -0.4 is 9.64 Å². The number of anilines is 1. The molecule has 0 spiro atoms. The van der Waals surface area contributed by atoms with Gasteiger partial charge in [-0.15, -0.1) is 0 Å². The first kappa shape index (κ1) is 18.4. The number of piperidine rings is 1. The van der Waals surface area contributed by atoms with Crippen molar-refractivity contribution in [3.63, 3.8) is 0 Å². The van der Waals surface area contributed by atoms with Gasteiger partial charge in [-0.05, 0) is 39.5 Å². The van der Waals surface area contributed by atoms with Crippen molar-refractivity contribution in [1.82, 2.24) is 4.98 Å². The topological polar surface area (TPSA) is 94.8 Å². The van der Waals surface area contributed by atoms with Crippen LogP contribution in [0.4, 0.5) is 11.4 Å². The van der Waals surface area contributed by atoms with E-state index in [1.165, 1.54) is 6.20 Å². The first-order valence-electron chi connectivity index (χ1n) is 9.00. The Bertz CT molecular complexity index is 714. The van der Waals surface area contributed by atoms with Crippen LogP contribution in [0.3, 0.4) is 0 Å². The lowest BCUT2D eigenvalue weighted by molar-refractivity contribution is -0.384. The highest BCUT2D eigenvalue weighted by Crippen LogP contribution is 2.41. The number of nitrogens with zero attached hydrogens (tertiary/aromatic N) is 3. The monoisotopic (exact) mass is 363 g/mol. The number of nitro groups is 1. The minimum atomic E-state index is -0.506. The second-order valence-corrected chi connectivity index (χ2v) is 7.88. The van der Waals surface area contributed by atoms with Crippen LogP contribution in [0.15, 0.2) is 6.20 Å². The summed E-state index contributed by atoms with van der Waals surface area (Å²) in [6, 6.07) is 0. The van der Waals surface area contributed by atoms with Crippen LogP contribution in [0.5, 0.6) is 5.88 Å². The number of fused-ring (bicyclic) bond motifs is 1. The van der Waals surface area contributed by atoms with Crippen molar-refractivity contribution in [3.05, 3.63) is 21.9 Å². The van der Waals surface area contributed by atoms with Gasteiger partial charge < -0.3 is 14.4 Å². The van der Waals surface area contributed by atoms with Gasteiger partial charge in [0.2, 0.25) is 5.88 Å². The molecule has 1 aromatic rings. The van der Waals surface area contributed by atoms with E-state index >= 15 is 0 Å². The largest absolute Gasteiger partial charge is 0.477 e. The predicted molar refractivity (Wildman–Crippen MR) is 95.5 cm³/mol. The maximum absolute atomic E-state index is 12.2. The van der Waals surface area contributed by atoms with E-state index in [1.54, 1.807) is 0 Å². The molecule has 8 nitrogen and oxygen atoms in total. The van der Waals surface area contributed by atoms with E-state index in [0.717, 1.165) is 24.9 Å². The van der Waals surface area contributed by atoms with Gasteiger partial charge in [0, 0.05) is 25.1 Å². The molecule has 0 amide bonds. The molecule has 8 heteroatoms. The maximum atomic E-state index is 12.2. The molecule has 0 N–H and O–H groups in total. The summed E-state index contributed by atoms with van der Waals surface area (Å²) in [5, 5.41) is 11.5. The average molecular weight is 363 g/mol. The van der Waals surface area contributed by atoms with E-state index in [2.05, 4.69) is 4.98 Å². The molecule has 3 heterocycles. The fourth-order valence-electron chi connectivity index (χ4n) is 3.65. The number of rotatable bonds is 4. The van der Waals surface area contributed by atoms with Gasteiger partial charge in [0.15, 0.2) is 0 Å². The van der Waals surface area contributed by atoms with E-state index in [4.69, 9.17) is 9.47 Å². The van der Waals surface area contributed by atoms with Crippen LogP contribution in [-0.4, -0.2) is 41.2 Å². The van der Waals surface area contributed by atoms with Crippen molar-refractivity contribution in [3.8, 4) is 5.88 Å². The smallest absolute Gasteiger partial charge is 0.311 e. The lowest BCUT2D eigenvalue weighted by Gasteiger charge is -2.34. The fraction of sp³-hybridized carbons (Fsp3) is 0.667. The van der Waals surface area contributed by atoms with E-state index in [0.29, 0.717) is 37.6 Å². The van der Waals surface area contributed by atoms with Gasteiger partial charge in [-0.1, -0.05) is 0 Å². The number of ether oxygens (including phenoxy) is 2. The van der Waals surface area contributed by atoms with E-state index in [1.807, 2.05) is 25.7 Å². The minimum absolute atomic E-state index is 0.00664. The Balaban J connectivity index is 1.79. The van der Waals surface area contributed by atoms with Gasteiger partial charge in [-0.25, -0.2) is 4.98 Å². The molecule has 0 bridgehead atoms. The number of pyridine rings is 1. The van der Waals surface area contributed by atoms with Gasteiger partial charge in [0.25, 0.3) is 0 Å². The summed E-state index contributed by atoms with van der Waals surface area (Å²) in [5.74, 6) is 0.381. The molecule has 142 valence electrons. The second-order valence-electron chi connectivity index (χ2n) is 7.88. The van der Waals surface area contributed by atoms with Crippen molar-refractivity contribution in [2.45, 2.75) is 52.1 Å². The third-order valence-corrected chi connectivity index (χ3v) is 4.59. The Kier molecular flexibility index (Phi) is 5.02. The number of hydrogen-bond donors (Lipinski definition) is 0. The molecule has 0 saturated carbocycles. The molecule has 0 unspecified atom stereocenters. The van der Waals surface area contributed by atoms with Gasteiger partial charge >= 0.3 is 11.7 Å². The third-order valence-electron chi connectivity index (χ3n) is 4.59. The average Bonchev–Trinajstić information content (AvgIpc) is 3.00. The molecule has 3 rings (SSSR count). The molecule has 0 aromatic carbocycles. The van der Waals surface area contributed by atoms with Crippen molar-refractivity contribution >= 4 is 17.3 Å². The van der Waals surface area contributed by atoms with Gasteiger partial charge in [0.1, 0.15) is 17.5 Å². The van der Waals surface area contributed by atoms with Crippen molar-refractivity contribution in [2.75, 3.05) is 24.6 Å². The molecule has 2 aliphatic rings. The summed E-state index contributed by atoms with van der Waals surface area (Å²) in [7, 11) is 0. The van der Waals surface area contributed by atoms with Crippen molar-refractivity contribution in [2.24, 2.45) is 5.92 Å².